The monoisotopic (exact) mass is 266 g/mol. The highest BCUT2D eigenvalue weighted by Gasteiger charge is 2.24. The standard InChI is InChI=1S/C15H14N4O/c16-9-11-14-12(17-15(11)20)7-4-8-13(14)19-18-10-5-2-1-3-6-10/h1-3,5-6,17-18,20H,4,7-8H2. The number of aromatic hydroxyl groups is 1. The Morgan fingerprint density at radius 2 is 2.05 bits per heavy atom. The lowest BCUT2D eigenvalue weighted by molar-refractivity contribution is 0.454. The van der Waals surface area contributed by atoms with E-state index in [9.17, 15) is 5.11 Å². The molecule has 1 aliphatic carbocycles. The van der Waals surface area contributed by atoms with Gasteiger partial charge in [-0.15, -0.1) is 0 Å². The number of rotatable bonds is 2. The molecule has 20 heavy (non-hydrogen) atoms. The zero-order chi connectivity index (χ0) is 13.9. The van der Waals surface area contributed by atoms with Gasteiger partial charge in [-0.05, 0) is 31.4 Å². The van der Waals surface area contributed by atoms with Crippen molar-refractivity contribution in [1.29, 1.82) is 5.26 Å². The van der Waals surface area contributed by atoms with Crippen LogP contribution in [0.3, 0.4) is 0 Å². The molecule has 0 unspecified atom stereocenters. The molecular weight excluding hydrogens is 252 g/mol. The van der Waals surface area contributed by atoms with Crippen molar-refractivity contribution in [2.45, 2.75) is 19.3 Å². The minimum atomic E-state index is -0.0631. The number of aromatic amines is 1. The number of aryl methyl sites for hydroxylation is 1. The van der Waals surface area contributed by atoms with Gasteiger partial charge in [0.1, 0.15) is 11.6 Å². The first-order valence-corrected chi connectivity index (χ1v) is 6.51. The van der Waals surface area contributed by atoms with Crippen molar-refractivity contribution in [3.63, 3.8) is 0 Å². The van der Waals surface area contributed by atoms with Crippen LogP contribution < -0.4 is 5.43 Å². The molecule has 0 amide bonds. The fraction of sp³-hybridized carbons (Fsp3) is 0.200. The topological polar surface area (TPSA) is 84.2 Å². The Morgan fingerprint density at radius 1 is 1.25 bits per heavy atom. The molecular formula is C15H14N4O. The van der Waals surface area contributed by atoms with E-state index in [1.54, 1.807) is 0 Å². The van der Waals surface area contributed by atoms with Gasteiger partial charge < -0.3 is 10.1 Å². The van der Waals surface area contributed by atoms with Gasteiger partial charge in [0.25, 0.3) is 0 Å². The van der Waals surface area contributed by atoms with Crippen LogP contribution in [0.1, 0.15) is 29.7 Å². The van der Waals surface area contributed by atoms with Gasteiger partial charge in [-0.2, -0.15) is 10.4 Å². The number of hydrogen-bond acceptors (Lipinski definition) is 4. The number of para-hydroxylation sites is 1. The molecule has 0 bridgehead atoms. The Balaban J connectivity index is 1.96. The molecule has 1 heterocycles. The van der Waals surface area contributed by atoms with Crippen molar-refractivity contribution < 1.29 is 5.11 Å². The van der Waals surface area contributed by atoms with E-state index < -0.39 is 0 Å². The third-order valence-corrected chi connectivity index (χ3v) is 3.39. The molecule has 3 N–H and O–H groups in total. The molecule has 0 fully saturated rings. The van der Waals surface area contributed by atoms with Crippen molar-refractivity contribution in [3.8, 4) is 11.9 Å². The minimum Gasteiger partial charge on any atom is -0.494 e. The van der Waals surface area contributed by atoms with E-state index in [0.29, 0.717) is 0 Å². The molecule has 0 atom stereocenters. The van der Waals surface area contributed by atoms with Crippen molar-refractivity contribution in [2.75, 3.05) is 5.43 Å². The first-order chi connectivity index (χ1) is 9.79. The Morgan fingerprint density at radius 3 is 2.80 bits per heavy atom. The van der Waals surface area contributed by atoms with Gasteiger partial charge in [0.2, 0.25) is 5.88 Å². The van der Waals surface area contributed by atoms with E-state index in [1.165, 1.54) is 0 Å². The summed E-state index contributed by atoms with van der Waals surface area (Å²) >= 11 is 0. The van der Waals surface area contributed by atoms with E-state index in [4.69, 9.17) is 5.26 Å². The molecule has 0 aliphatic heterocycles. The van der Waals surface area contributed by atoms with Crippen LogP contribution in [0.15, 0.2) is 35.4 Å². The number of aromatic nitrogens is 1. The highest BCUT2D eigenvalue weighted by atomic mass is 16.3. The highest BCUT2D eigenvalue weighted by molar-refractivity contribution is 6.05. The van der Waals surface area contributed by atoms with Crippen LogP contribution in [-0.4, -0.2) is 15.8 Å². The SMILES string of the molecule is N#Cc1c(O)[nH]c2c1C(=NNc1ccccc1)CCC2. The summed E-state index contributed by atoms with van der Waals surface area (Å²) in [6.45, 7) is 0. The van der Waals surface area contributed by atoms with Crippen molar-refractivity contribution >= 4 is 11.4 Å². The van der Waals surface area contributed by atoms with Crippen LogP contribution in [0.4, 0.5) is 5.69 Å². The first-order valence-electron chi connectivity index (χ1n) is 6.51. The second kappa shape index (κ2) is 5.10. The van der Waals surface area contributed by atoms with E-state index in [1.807, 2.05) is 36.4 Å². The summed E-state index contributed by atoms with van der Waals surface area (Å²) < 4.78 is 0. The zero-order valence-electron chi connectivity index (χ0n) is 10.8. The van der Waals surface area contributed by atoms with Crippen LogP contribution in [0.25, 0.3) is 0 Å². The fourth-order valence-electron chi connectivity index (χ4n) is 2.47. The summed E-state index contributed by atoms with van der Waals surface area (Å²) in [5.74, 6) is -0.0631. The molecule has 3 rings (SSSR count). The van der Waals surface area contributed by atoms with Crippen molar-refractivity contribution in [1.82, 2.24) is 4.98 Å². The predicted molar refractivity (Wildman–Crippen MR) is 76.7 cm³/mol. The number of nitrogens with zero attached hydrogens (tertiary/aromatic N) is 2. The van der Waals surface area contributed by atoms with Crippen molar-refractivity contribution in [3.05, 3.63) is 47.2 Å². The van der Waals surface area contributed by atoms with Crippen molar-refractivity contribution in [2.24, 2.45) is 5.10 Å². The largest absolute Gasteiger partial charge is 0.494 e. The van der Waals surface area contributed by atoms with Crippen LogP contribution in [0.2, 0.25) is 0 Å². The number of hydrogen-bond donors (Lipinski definition) is 3. The quantitative estimate of drug-likeness (QED) is 0.731. The highest BCUT2D eigenvalue weighted by Crippen LogP contribution is 2.30. The van der Waals surface area contributed by atoms with Gasteiger partial charge >= 0.3 is 0 Å². The number of benzene rings is 1. The molecule has 1 aromatic carbocycles. The lowest BCUT2D eigenvalue weighted by Gasteiger charge is -2.14. The fourth-order valence-corrected chi connectivity index (χ4v) is 2.47. The smallest absolute Gasteiger partial charge is 0.207 e. The Labute approximate surface area is 116 Å². The molecule has 0 radical (unpaired) electrons. The normalized spacial score (nSPS) is 15.7. The number of H-pyrrole nitrogens is 1. The molecule has 2 aromatic rings. The molecule has 0 saturated carbocycles. The lowest BCUT2D eigenvalue weighted by atomic mass is 9.93. The van der Waals surface area contributed by atoms with Gasteiger partial charge in [0, 0.05) is 11.3 Å². The Kier molecular flexibility index (Phi) is 3.13. The molecule has 1 aliphatic rings. The summed E-state index contributed by atoms with van der Waals surface area (Å²) in [5.41, 5.74) is 6.62. The van der Waals surface area contributed by atoms with Gasteiger partial charge in [0.05, 0.1) is 11.4 Å². The maximum absolute atomic E-state index is 9.75. The lowest BCUT2D eigenvalue weighted by Crippen LogP contribution is -2.13. The molecule has 1 aromatic heterocycles. The molecule has 5 nitrogen and oxygen atoms in total. The van der Waals surface area contributed by atoms with E-state index in [0.717, 1.165) is 41.9 Å². The number of anilines is 1. The summed E-state index contributed by atoms with van der Waals surface area (Å²) in [6, 6.07) is 11.7. The van der Waals surface area contributed by atoms with E-state index in [2.05, 4.69) is 15.5 Å². The van der Waals surface area contributed by atoms with Gasteiger partial charge in [-0.1, -0.05) is 18.2 Å². The third kappa shape index (κ3) is 2.12. The average molecular weight is 266 g/mol. The second-order valence-corrected chi connectivity index (χ2v) is 4.70. The number of fused-ring (bicyclic) bond motifs is 1. The Bertz CT molecular complexity index is 695. The van der Waals surface area contributed by atoms with Crippen LogP contribution in [0, 0.1) is 11.3 Å². The average Bonchev–Trinajstić information content (AvgIpc) is 2.82. The zero-order valence-corrected chi connectivity index (χ0v) is 10.8. The first kappa shape index (κ1) is 12.3. The third-order valence-electron chi connectivity index (χ3n) is 3.39. The number of nitrogens with one attached hydrogen (secondary N) is 2. The summed E-state index contributed by atoms with van der Waals surface area (Å²) in [5, 5.41) is 23.3. The van der Waals surface area contributed by atoms with Crippen LogP contribution in [-0.2, 0) is 6.42 Å². The minimum absolute atomic E-state index is 0.0631. The van der Waals surface area contributed by atoms with Gasteiger partial charge in [-0.25, -0.2) is 0 Å². The summed E-state index contributed by atoms with van der Waals surface area (Å²) in [6.07, 6.45) is 2.57. The maximum atomic E-state index is 9.75. The molecule has 5 heteroatoms. The maximum Gasteiger partial charge on any atom is 0.207 e. The molecule has 0 spiro atoms. The van der Waals surface area contributed by atoms with E-state index in [-0.39, 0.29) is 11.4 Å². The van der Waals surface area contributed by atoms with Crippen LogP contribution in [0.5, 0.6) is 5.88 Å². The molecule has 0 saturated heterocycles. The van der Waals surface area contributed by atoms with Gasteiger partial charge in [-0.3, -0.25) is 5.43 Å². The summed E-state index contributed by atoms with van der Waals surface area (Å²) in [7, 11) is 0. The Hall–Kier alpha value is -2.74. The number of hydrazone groups is 1. The second-order valence-electron chi connectivity index (χ2n) is 4.70. The van der Waals surface area contributed by atoms with Gasteiger partial charge in [0.15, 0.2) is 0 Å². The molecule has 100 valence electrons. The number of nitriles is 1. The van der Waals surface area contributed by atoms with Crippen LogP contribution >= 0.6 is 0 Å². The van der Waals surface area contributed by atoms with E-state index >= 15 is 0 Å². The summed E-state index contributed by atoms with van der Waals surface area (Å²) in [4.78, 5) is 2.87. The predicted octanol–water partition coefficient (Wildman–Crippen LogP) is 2.74.